The molecule has 0 bridgehead atoms. The van der Waals surface area contributed by atoms with Crippen LogP contribution in [0.5, 0.6) is 11.5 Å². The Kier molecular flexibility index (Phi) is 7.89. The van der Waals surface area contributed by atoms with Gasteiger partial charge in [0.25, 0.3) is 0 Å². The fourth-order valence-corrected chi connectivity index (χ4v) is 8.56. The molecule has 2 aliphatic heterocycles. The van der Waals surface area contributed by atoms with E-state index >= 15 is 0 Å². The third-order valence-corrected chi connectivity index (χ3v) is 15.5. The SMILES string of the molecule is Cc1nc(NC(=O)C2(c3ccc4c(c3)OC(F)(F)O4)CC2)sc1[C@H](c1ccccc1Cl)N1CC[C@H](O[Si](C)(C)C(C)(C)C)C1. The zero-order valence-corrected chi connectivity index (χ0v) is 28.4. The summed E-state index contributed by atoms with van der Waals surface area (Å²) in [6, 6.07) is 12.3. The van der Waals surface area contributed by atoms with Crippen molar-refractivity contribution in [1.82, 2.24) is 9.88 Å². The zero-order valence-electron chi connectivity index (χ0n) is 25.8. The first-order valence-corrected chi connectivity index (χ1v) is 19.0. The number of ether oxygens (including phenoxy) is 2. The van der Waals surface area contributed by atoms with Crippen molar-refractivity contribution < 1.29 is 27.5 Å². The highest BCUT2D eigenvalue weighted by atomic mass is 35.5. The second-order valence-electron chi connectivity index (χ2n) is 13.5. The summed E-state index contributed by atoms with van der Waals surface area (Å²) in [5.41, 5.74) is 1.59. The largest absolute Gasteiger partial charge is 0.586 e. The maximum atomic E-state index is 13.6. The molecule has 1 amide bonds. The second-order valence-corrected chi connectivity index (χ2v) is 19.7. The maximum Gasteiger partial charge on any atom is 0.586 e. The van der Waals surface area contributed by atoms with Gasteiger partial charge >= 0.3 is 6.29 Å². The predicted molar refractivity (Wildman–Crippen MR) is 171 cm³/mol. The summed E-state index contributed by atoms with van der Waals surface area (Å²) in [6.45, 7) is 14.9. The van der Waals surface area contributed by atoms with Crippen LogP contribution in [0.4, 0.5) is 13.9 Å². The lowest BCUT2D eigenvalue weighted by Crippen LogP contribution is -2.44. The van der Waals surface area contributed by atoms with Crippen LogP contribution in [0.1, 0.15) is 67.8 Å². The molecule has 0 unspecified atom stereocenters. The summed E-state index contributed by atoms with van der Waals surface area (Å²) in [5, 5.41) is 4.32. The first-order valence-electron chi connectivity index (χ1n) is 14.9. The van der Waals surface area contributed by atoms with Gasteiger partial charge in [-0.3, -0.25) is 9.69 Å². The summed E-state index contributed by atoms with van der Waals surface area (Å²) in [7, 11) is -1.94. The smallest absolute Gasteiger partial charge is 0.413 e. The van der Waals surface area contributed by atoms with Crippen molar-refractivity contribution in [3.63, 3.8) is 0 Å². The van der Waals surface area contributed by atoms with Crippen molar-refractivity contribution in [1.29, 1.82) is 0 Å². The van der Waals surface area contributed by atoms with Gasteiger partial charge in [0.15, 0.2) is 24.9 Å². The molecule has 12 heteroatoms. The molecular formula is C32H38ClF2N3O4SSi. The zero-order chi connectivity index (χ0) is 31.7. The second kappa shape index (κ2) is 11.0. The third kappa shape index (κ3) is 5.89. The van der Waals surface area contributed by atoms with Gasteiger partial charge in [0, 0.05) is 18.1 Å². The molecule has 7 nitrogen and oxygen atoms in total. The fraction of sp³-hybridized carbons (Fsp3) is 0.500. The van der Waals surface area contributed by atoms with E-state index in [9.17, 15) is 13.6 Å². The van der Waals surface area contributed by atoms with Crippen molar-refractivity contribution in [2.45, 2.75) is 88.9 Å². The monoisotopic (exact) mass is 661 g/mol. The number of amides is 1. The Labute approximate surface area is 267 Å². The van der Waals surface area contributed by atoms with E-state index in [1.54, 1.807) is 6.07 Å². The first kappa shape index (κ1) is 31.4. The normalized spacial score (nSPS) is 21.3. The summed E-state index contributed by atoms with van der Waals surface area (Å²) in [5.74, 6) is -0.329. The highest BCUT2D eigenvalue weighted by molar-refractivity contribution is 7.16. The predicted octanol–water partition coefficient (Wildman–Crippen LogP) is 8.28. The minimum Gasteiger partial charge on any atom is -0.413 e. The molecule has 236 valence electrons. The lowest BCUT2D eigenvalue weighted by atomic mass is 9.94. The van der Waals surface area contributed by atoms with Crippen LogP contribution in [-0.2, 0) is 14.6 Å². The van der Waals surface area contributed by atoms with E-state index in [2.05, 4.69) is 59.6 Å². The molecule has 1 saturated heterocycles. The number of anilines is 1. The van der Waals surface area contributed by atoms with E-state index in [0.717, 1.165) is 35.6 Å². The number of nitrogens with zero attached hydrogens (tertiary/aromatic N) is 2. The van der Waals surface area contributed by atoms with Crippen molar-refractivity contribution in [3.8, 4) is 11.5 Å². The Hall–Kier alpha value is -2.57. The average Bonchev–Trinajstić information content (AvgIpc) is 3.34. The van der Waals surface area contributed by atoms with Crippen LogP contribution < -0.4 is 14.8 Å². The van der Waals surface area contributed by atoms with E-state index in [1.807, 2.05) is 25.1 Å². The van der Waals surface area contributed by atoms with Gasteiger partial charge in [-0.1, -0.05) is 68.0 Å². The number of benzene rings is 2. The van der Waals surface area contributed by atoms with Crippen molar-refractivity contribution in [3.05, 3.63) is 69.2 Å². The molecule has 3 heterocycles. The first-order chi connectivity index (χ1) is 20.6. The molecule has 3 aliphatic rings. The molecule has 0 spiro atoms. The minimum absolute atomic E-state index is 0.0420. The molecule has 2 atom stereocenters. The Bertz CT molecular complexity index is 1590. The van der Waals surface area contributed by atoms with Gasteiger partial charge in [-0.05, 0) is 73.6 Å². The number of halogens is 3. The molecule has 1 aliphatic carbocycles. The quantitative estimate of drug-likeness (QED) is 0.245. The lowest BCUT2D eigenvalue weighted by molar-refractivity contribution is -0.286. The number of hydrogen-bond donors (Lipinski definition) is 1. The van der Waals surface area contributed by atoms with Crippen LogP contribution in [0.25, 0.3) is 0 Å². The van der Waals surface area contributed by atoms with Crippen LogP contribution in [0.2, 0.25) is 23.2 Å². The van der Waals surface area contributed by atoms with E-state index in [4.69, 9.17) is 21.0 Å². The maximum absolute atomic E-state index is 13.6. The van der Waals surface area contributed by atoms with E-state index in [-0.39, 0.29) is 34.6 Å². The molecule has 2 fully saturated rings. The Morgan fingerprint density at radius 3 is 2.57 bits per heavy atom. The number of rotatable bonds is 8. The summed E-state index contributed by atoms with van der Waals surface area (Å²) < 4.78 is 43.1. The number of carbonyl (C=O) groups excluding carboxylic acids is 1. The number of alkyl halides is 2. The van der Waals surface area contributed by atoms with Gasteiger partial charge in [0.1, 0.15) is 0 Å². The number of fused-ring (bicyclic) bond motifs is 1. The van der Waals surface area contributed by atoms with Crippen LogP contribution in [0.3, 0.4) is 0 Å². The highest BCUT2D eigenvalue weighted by Crippen LogP contribution is 2.53. The molecule has 6 rings (SSSR count). The molecule has 1 N–H and O–H groups in total. The molecule has 0 radical (unpaired) electrons. The van der Waals surface area contributed by atoms with E-state index in [1.165, 1.54) is 23.5 Å². The van der Waals surface area contributed by atoms with E-state index in [0.29, 0.717) is 28.6 Å². The van der Waals surface area contributed by atoms with Crippen LogP contribution >= 0.6 is 22.9 Å². The fourth-order valence-electron chi connectivity index (χ4n) is 5.83. The number of nitrogens with one attached hydrogen (secondary N) is 1. The van der Waals surface area contributed by atoms with Gasteiger partial charge in [0.2, 0.25) is 5.91 Å². The van der Waals surface area contributed by atoms with Crippen molar-refractivity contribution in [2.75, 3.05) is 18.4 Å². The number of aromatic nitrogens is 1. The van der Waals surface area contributed by atoms with Gasteiger partial charge in [-0.15, -0.1) is 8.78 Å². The number of carbonyl (C=O) groups is 1. The molecule has 1 saturated carbocycles. The van der Waals surface area contributed by atoms with Crippen molar-refractivity contribution in [2.24, 2.45) is 0 Å². The summed E-state index contributed by atoms with van der Waals surface area (Å²) in [4.78, 5) is 21.8. The number of aryl methyl sites for hydroxylation is 1. The van der Waals surface area contributed by atoms with Gasteiger partial charge in [0.05, 0.1) is 28.1 Å². The third-order valence-electron chi connectivity index (χ3n) is 9.45. The Morgan fingerprint density at radius 2 is 1.89 bits per heavy atom. The molecular weight excluding hydrogens is 624 g/mol. The molecule has 3 aromatic rings. The Balaban J connectivity index is 1.24. The van der Waals surface area contributed by atoms with Gasteiger partial charge in [-0.2, -0.15) is 0 Å². The highest BCUT2D eigenvalue weighted by Gasteiger charge is 2.53. The number of likely N-dealkylation sites (tertiary alicyclic amines) is 1. The van der Waals surface area contributed by atoms with Crippen LogP contribution in [-0.4, -0.2) is 49.6 Å². The topological polar surface area (TPSA) is 72.9 Å². The molecule has 1 aromatic heterocycles. The minimum atomic E-state index is -3.71. The van der Waals surface area contributed by atoms with Crippen LogP contribution in [0.15, 0.2) is 42.5 Å². The number of hydrogen-bond acceptors (Lipinski definition) is 7. The Morgan fingerprint density at radius 1 is 1.18 bits per heavy atom. The van der Waals surface area contributed by atoms with Gasteiger partial charge in [-0.25, -0.2) is 4.98 Å². The van der Waals surface area contributed by atoms with Gasteiger partial charge < -0.3 is 19.2 Å². The average molecular weight is 662 g/mol. The van der Waals surface area contributed by atoms with Crippen LogP contribution in [0, 0.1) is 6.92 Å². The molecule has 44 heavy (non-hydrogen) atoms. The lowest BCUT2D eigenvalue weighted by Gasteiger charge is -2.38. The summed E-state index contributed by atoms with van der Waals surface area (Å²) >= 11 is 8.23. The molecule has 2 aromatic carbocycles. The van der Waals surface area contributed by atoms with Crippen molar-refractivity contribution >= 4 is 42.3 Å². The van der Waals surface area contributed by atoms with E-state index < -0.39 is 20.0 Å². The standard InChI is InChI=1S/C32H38ClF2N3O4SSi/c1-19-27(26(22-9-7-8-10-23(22)33)38-16-13-21(18-38)42-44(5,6)30(2,3)4)43-29(36-19)37-28(39)31(14-15-31)20-11-12-24-25(17-20)41-32(34,35)40-24/h7-12,17,21,26H,13-16,18H2,1-6H3,(H,36,37,39)/t21-,26-/m0/s1. The number of thiazole rings is 1. The summed E-state index contributed by atoms with van der Waals surface area (Å²) in [6.07, 6.45) is -1.46.